The maximum absolute atomic E-state index is 12.3. The Labute approximate surface area is 142 Å². The van der Waals surface area contributed by atoms with Crippen molar-refractivity contribution in [1.82, 2.24) is 0 Å². The Bertz CT molecular complexity index is 887. The lowest BCUT2D eigenvalue weighted by molar-refractivity contribution is 0.102. The van der Waals surface area contributed by atoms with Gasteiger partial charge in [-0.2, -0.15) is 5.26 Å². The average molecular weight is 394 g/mol. The molecule has 2 aromatic rings. The number of carbonyl (C=O) groups is 1. The monoisotopic (exact) mass is 393 g/mol. The predicted molar refractivity (Wildman–Crippen MR) is 89.2 cm³/mol. The molecule has 8 heteroatoms. The lowest BCUT2D eigenvalue weighted by Crippen LogP contribution is -2.16. The first-order valence-corrected chi connectivity index (χ1v) is 8.75. The quantitative estimate of drug-likeness (QED) is 0.829. The molecule has 118 valence electrons. The van der Waals surface area contributed by atoms with E-state index in [4.69, 9.17) is 10.4 Å². The number of hydrogen-bond donors (Lipinski definition) is 2. The number of amides is 1. The topological polar surface area (TPSA) is 113 Å². The molecule has 0 aromatic heterocycles. The molecule has 0 saturated carbocycles. The van der Waals surface area contributed by atoms with E-state index in [2.05, 4.69) is 21.2 Å². The maximum Gasteiger partial charge on any atom is 0.256 e. The molecule has 0 unspecified atom stereocenters. The molecule has 0 bridgehead atoms. The molecule has 3 N–H and O–H groups in total. The summed E-state index contributed by atoms with van der Waals surface area (Å²) in [5.74, 6) is -0.476. The van der Waals surface area contributed by atoms with Gasteiger partial charge in [0.15, 0.2) is 0 Å². The van der Waals surface area contributed by atoms with E-state index in [1.807, 2.05) is 6.07 Å². The van der Waals surface area contributed by atoms with Gasteiger partial charge in [-0.25, -0.2) is 13.6 Å². The summed E-state index contributed by atoms with van der Waals surface area (Å²) in [7, 11) is -3.89. The molecule has 0 radical (unpaired) electrons. The number of carbonyl (C=O) groups excluding carboxylic acids is 1. The van der Waals surface area contributed by atoms with Gasteiger partial charge >= 0.3 is 0 Å². The first-order valence-electron chi connectivity index (χ1n) is 6.41. The van der Waals surface area contributed by atoms with Gasteiger partial charge in [0.05, 0.1) is 22.9 Å². The molecule has 6 nitrogen and oxygen atoms in total. The number of rotatable bonds is 4. The van der Waals surface area contributed by atoms with E-state index in [1.54, 1.807) is 24.3 Å². The molecule has 23 heavy (non-hydrogen) atoms. The van der Waals surface area contributed by atoms with Crippen LogP contribution in [-0.4, -0.2) is 14.3 Å². The second-order valence-electron chi connectivity index (χ2n) is 4.67. The van der Waals surface area contributed by atoms with E-state index in [9.17, 15) is 13.2 Å². The van der Waals surface area contributed by atoms with Gasteiger partial charge in [-0.1, -0.05) is 12.1 Å². The lowest BCUT2D eigenvalue weighted by atomic mass is 10.1. The number of nitrogens with two attached hydrogens (primary N) is 1. The van der Waals surface area contributed by atoms with Crippen LogP contribution in [0.25, 0.3) is 0 Å². The lowest BCUT2D eigenvalue weighted by Gasteiger charge is -2.09. The number of primary sulfonamides is 1. The molecular formula is C15H12BrN3O3S. The zero-order valence-corrected chi connectivity index (χ0v) is 14.2. The SMILES string of the molecule is N#CCc1ccc(NC(=O)c2cc(S(N)(=O)=O)ccc2Br)cc1. The minimum absolute atomic E-state index is 0.143. The number of anilines is 1. The average Bonchev–Trinajstić information content (AvgIpc) is 2.48. The van der Waals surface area contributed by atoms with Crippen LogP contribution in [0.5, 0.6) is 0 Å². The number of sulfonamides is 1. The van der Waals surface area contributed by atoms with E-state index in [-0.39, 0.29) is 16.9 Å². The van der Waals surface area contributed by atoms with Crippen LogP contribution in [0.2, 0.25) is 0 Å². The van der Waals surface area contributed by atoms with Gasteiger partial charge in [0.1, 0.15) is 0 Å². The summed E-state index contributed by atoms with van der Waals surface area (Å²) in [6, 6.07) is 12.8. The van der Waals surface area contributed by atoms with Crippen LogP contribution in [0.1, 0.15) is 15.9 Å². The molecule has 0 saturated heterocycles. The molecule has 2 aromatic carbocycles. The van der Waals surface area contributed by atoms with E-state index in [1.165, 1.54) is 18.2 Å². The highest BCUT2D eigenvalue weighted by atomic mass is 79.9. The van der Waals surface area contributed by atoms with Gasteiger partial charge in [0.25, 0.3) is 5.91 Å². The van der Waals surface area contributed by atoms with Gasteiger partial charge < -0.3 is 5.32 Å². The van der Waals surface area contributed by atoms with Crippen LogP contribution in [0.3, 0.4) is 0 Å². The second-order valence-corrected chi connectivity index (χ2v) is 7.09. The van der Waals surface area contributed by atoms with Crippen LogP contribution in [0.4, 0.5) is 5.69 Å². The summed E-state index contributed by atoms with van der Waals surface area (Å²) in [5, 5.41) is 16.4. The Morgan fingerprint density at radius 2 is 1.87 bits per heavy atom. The fraction of sp³-hybridized carbons (Fsp3) is 0.0667. The Morgan fingerprint density at radius 3 is 2.43 bits per heavy atom. The van der Waals surface area contributed by atoms with E-state index < -0.39 is 15.9 Å². The minimum atomic E-state index is -3.89. The van der Waals surface area contributed by atoms with Crippen LogP contribution >= 0.6 is 15.9 Å². The Hall–Kier alpha value is -2.21. The third kappa shape index (κ3) is 4.39. The smallest absolute Gasteiger partial charge is 0.256 e. The highest BCUT2D eigenvalue weighted by molar-refractivity contribution is 9.10. The first kappa shape index (κ1) is 17.1. The number of halogens is 1. The van der Waals surface area contributed by atoms with Crippen LogP contribution in [-0.2, 0) is 16.4 Å². The standard InChI is InChI=1S/C15H12BrN3O3S/c16-14-6-5-12(23(18,21)22)9-13(14)15(20)19-11-3-1-10(2-4-11)7-8-17/h1-6,9H,7H2,(H,19,20)(H2,18,21,22). The molecule has 0 aliphatic carbocycles. The number of nitrogens with zero attached hydrogens (tertiary/aromatic N) is 1. The van der Waals surface area contributed by atoms with Crippen LogP contribution < -0.4 is 10.5 Å². The molecule has 0 fully saturated rings. The third-order valence-electron chi connectivity index (χ3n) is 3.01. The Kier molecular flexibility index (Phi) is 5.15. The Balaban J connectivity index is 2.25. The minimum Gasteiger partial charge on any atom is -0.322 e. The highest BCUT2D eigenvalue weighted by Gasteiger charge is 2.15. The van der Waals surface area contributed by atoms with Crippen molar-refractivity contribution in [2.24, 2.45) is 5.14 Å². The number of hydrogen-bond acceptors (Lipinski definition) is 4. The zero-order valence-electron chi connectivity index (χ0n) is 11.8. The Morgan fingerprint density at radius 1 is 1.22 bits per heavy atom. The molecule has 1 amide bonds. The predicted octanol–water partition coefficient (Wildman–Crippen LogP) is 2.41. The van der Waals surface area contributed by atoms with Crippen molar-refractivity contribution < 1.29 is 13.2 Å². The van der Waals surface area contributed by atoms with Crippen molar-refractivity contribution in [3.05, 3.63) is 58.1 Å². The summed E-state index contributed by atoms with van der Waals surface area (Å²) in [4.78, 5) is 12.2. The van der Waals surface area contributed by atoms with Crippen molar-refractivity contribution in [2.75, 3.05) is 5.32 Å². The van der Waals surface area contributed by atoms with Crippen molar-refractivity contribution in [3.63, 3.8) is 0 Å². The number of nitriles is 1. The maximum atomic E-state index is 12.3. The zero-order chi connectivity index (χ0) is 17.0. The van der Waals surface area contributed by atoms with Crippen molar-refractivity contribution in [3.8, 4) is 6.07 Å². The summed E-state index contributed by atoms with van der Waals surface area (Å²) in [5.41, 5.74) is 1.52. The van der Waals surface area contributed by atoms with Crippen LogP contribution in [0, 0.1) is 11.3 Å². The number of nitrogens with one attached hydrogen (secondary N) is 1. The molecule has 2 rings (SSSR count). The third-order valence-corrected chi connectivity index (χ3v) is 4.61. The largest absolute Gasteiger partial charge is 0.322 e. The molecule has 0 atom stereocenters. The summed E-state index contributed by atoms with van der Waals surface area (Å²) < 4.78 is 23.2. The molecule has 0 aliphatic rings. The van der Waals surface area contributed by atoms with E-state index in [0.717, 1.165) is 5.56 Å². The number of benzene rings is 2. The van der Waals surface area contributed by atoms with Gasteiger partial charge in [-0.15, -0.1) is 0 Å². The fourth-order valence-electron chi connectivity index (χ4n) is 1.85. The van der Waals surface area contributed by atoms with E-state index >= 15 is 0 Å². The van der Waals surface area contributed by atoms with Crippen LogP contribution in [0.15, 0.2) is 51.8 Å². The molecule has 0 heterocycles. The van der Waals surface area contributed by atoms with Gasteiger partial charge in [-0.05, 0) is 51.8 Å². The summed E-state index contributed by atoms with van der Waals surface area (Å²) in [6.45, 7) is 0. The fourth-order valence-corrected chi connectivity index (χ4v) is 2.82. The van der Waals surface area contributed by atoms with Crippen molar-refractivity contribution >= 4 is 37.5 Å². The molecule has 0 aliphatic heterocycles. The van der Waals surface area contributed by atoms with Gasteiger partial charge in [0.2, 0.25) is 10.0 Å². The molecule has 0 spiro atoms. The van der Waals surface area contributed by atoms with Gasteiger partial charge in [-0.3, -0.25) is 4.79 Å². The normalized spacial score (nSPS) is 10.8. The summed E-state index contributed by atoms with van der Waals surface area (Å²) >= 11 is 3.21. The summed E-state index contributed by atoms with van der Waals surface area (Å²) in [6.07, 6.45) is 0.288. The first-order chi connectivity index (χ1) is 10.8. The van der Waals surface area contributed by atoms with Gasteiger partial charge in [0, 0.05) is 10.2 Å². The van der Waals surface area contributed by atoms with E-state index in [0.29, 0.717) is 10.2 Å². The second kappa shape index (κ2) is 6.91. The van der Waals surface area contributed by atoms with Crippen molar-refractivity contribution in [1.29, 1.82) is 5.26 Å². The highest BCUT2D eigenvalue weighted by Crippen LogP contribution is 2.22. The molecular weight excluding hydrogens is 382 g/mol. The van der Waals surface area contributed by atoms with Crippen molar-refractivity contribution in [2.45, 2.75) is 11.3 Å².